The highest BCUT2D eigenvalue weighted by atomic mass is 16.6. The monoisotopic (exact) mass is 330 g/mol. The van der Waals surface area contributed by atoms with Crippen molar-refractivity contribution in [1.29, 1.82) is 0 Å². The van der Waals surface area contributed by atoms with Crippen LogP contribution in [0.3, 0.4) is 0 Å². The molecule has 1 saturated heterocycles. The molecule has 1 aliphatic carbocycles. The van der Waals surface area contributed by atoms with Crippen molar-refractivity contribution in [2.75, 3.05) is 26.2 Å². The number of benzene rings is 1. The Kier molecular flexibility index (Phi) is 5.26. The van der Waals surface area contributed by atoms with Crippen molar-refractivity contribution < 1.29 is 9.53 Å². The molecule has 0 spiro atoms. The number of carbonyl (C=O) groups excluding carboxylic acids is 1. The van der Waals surface area contributed by atoms with Crippen LogP contribution in [0.15, 0.2) is 18.2 Å². The molecule has 4 nitrogen and oxygen atoms in total. The Labute approximate surface area is 145 Å². The number of aryl methyl sites for hydroxylation is 2. The molecule has 132 valence electrons. The minimum absolute atomic E-state index is 0.0927. The van der Waals surface area contributed by atoms with Crippen molar-refractivity contribution in [1.82, 2.24) is 10.2 Å². The van der Waals surface area contributed by atoms with Gasteiger partial charge in [-0.1, -0.05) is 18.2 Å². The van der Waals surface area contributed by atoms with Gasteiger partial charge in [0, 0.05) is 26.2 Å². The molecule has 2 aliphatic rings. The van der Waals surface area contributed by atoms with E-state index in [0.29, 0.717) is 0 Å². The molecule has 0 amide bonds. The first kappa shape index (κ1) is 17.4. The second-order valence-corrected chi connectivity index (χ2v) is 8.00. The first-order chi connectivity index (χ1) is 11.4. The van der Waals surface area contributed by atoms with Gasteiger partial charge in [0.2, 0.25) is 0 Å². The number of nitrogens with one attached hydrogen (secondary N) is 1. The van der Waals surface area contributed by atoms with E-state index in [-0.39, 0.29) is 12.0 Å². The van der Waals surface area contributed by atoms with E-state index < -0.39 is 5.60 Å². The van der Waals surface area contributed by atoms with Crippen LogP contribution >= 0.6 is 0 Å². The second kappa shape index (κ2) is 7.24. The van der Waals surface area contributed by atoms with Gasteiger partial charge in [-0.15, -0.1) is 0 Å². The van der Waals surface area contributed by atoms with Crippen LogP contribution in [0.25, 0.3) is 0 Å². The number of nitrogens with zero attached hydrogens (tertiary/aromatic N) is 1. The lowest BCUT2D eigenvalue weighted by Crippen LogP contribution is -2.53. The third-order valence-corrected chi connectivity index (χ3v) is 4.86. The molecule has 1 atom stereocenters. The van der Waals surface area contributed by atoms with Gasteiger partial charge in [-0.25, -0.2) is 0 Å². The maximum absolute atomic E-state index is 12.8. The van der Waals surface area contributed by atoms with Crippen LogP contribution in [0.5, 0.6) is 0 Å². The van der Waals surface area contributed by atoms with Crippen molar-refractivity contribution >= 4 is 5.97 Å². The standard InChI is InChI=1S/C20H30N2O2/c1-20(2,3)24-19(23)18(22-11-9-21-10-12-22)14-15-7-8-16-5-4-6-17(16)13-15/h7-8,13,18,21H,4-6,9-12,14H2,1-3H3/t18-/m0/s1. The fraction of sp³-hybridized carbons (Fsp3) is 0.650. The van der Waals surface area contributed by atoms with Gasteiger partial charge in [-0.05, 0) is 63.1 Å². The Morgan fingerprint density at radius 1 is 1.21 bits per heavy atom. The van der Waals surface area contributed by atoms with Crippen molar-refractivity contribution in [2.24, 2.45) is 0 Å². The van der Waals surface area contributed by atoms with E-state index in [1.54, 1.807) is 0 Å². The molecule has 1 aliphatic heterocycles. The average molecular weight is 330 g/mol. The minimum Gasteiger partial charge on any atom is -0.459 e. The van der Waals surface area contributed by atoms with Crippen LogP contribution in [-0.4, -0.2) is 48.7 Å². The van der Waals surface area contributed by atoms with E-state index >= 15 is 0 Å². The lowest BCUT2D eigenvalue weighted by molar-refractivity contribution is -0.161. The topological polar surface area (TPSA) is 41.6 Å². The molecule has 0 radical (unpaired) electrons. The summed E-state index contributed by atoms with van der Waals surface area (Å²) in [5, 5.41) is 3.36. The number of hydrogen-bond acceptors (Lipinski definition) is 4. The summed E-state index contributed by atoms with van der Waals surface area (Å²) in [6.45, 7) is 9.48. The Morgan fingerprint density at radius 2 is 1.92 bits per heavy atom. The molecule has 1 fully saturated rings. The van der Waals surface area contributed by atoms with Gasteiger partial charge in [0.05, 0.1) is 0 Å². The van der Waals surface area contributed by atoms with Crippen molar-refractivity contribution in [3.63, 3.8) is 0 Å². The number of esters is 1. The van der Waals surface area contributed by atoms with E-state index in [0.717, 1.165) is 32.6 Å². The fourth-order valence-corrected chi connectivity index (χ4v) is 3.70. The van der Waals surface area contributed by atoms with Crippen LogP contribution in [0.4, 0.5) is 0 Å². The van der Waals surface area contributed by atoms with E-state index in [2.05, 4.69) is 28.4 Å². The summed E-state index contributed by atoms with van der Waals surface area (Å²) >= 11 is 0. The number of carbonyl (C=O) groups is 1. The first-order valence-corrected chi connectivity index (χ1v) is 9.21. The summed E-state index contributed by atoms with van der Waals surface area (Å²) in [5.41, 5.74) is 3.76. The number of piperazine rings is 1. The van der Waals surface area contributed by atoms with Gasteiger partial charge in [0.1, 0.15) is 11.6 Å². The number of rotatable bonds is 4. The highest BCUT2D eigenvalue weighted by Gasteiger charge is 2.31. The largest absolute Gasteiger partial charge is 0.459 e. The molecule has 0 bridgehead atoms. The summed E-state index contributed by atoms with van der Waals surface area (Å²) < 4.78 is 5.72. The third-order valence-electron chi connectivity index (χ3n) is 4.86. The van der Waals surface area contributed by atoms with Crippen molar-refractivity contribution in [3.05, 3.63) is 34.9 Å². The zero-order valence-electron chi connectivity index (χ0n) is 15.2. The smallest absolute Gasteiger partial charge is 0.324 e. The van der Waals surface area contributed by atoms with Gasteiger partial charge < -0.3 is 10.1 Å². The summed E-state index contributed by atoms with van der Waals surface area (Å²) in [6.07, 6.45) is 4.37. The lowest BCUT2D eigenvalue weighted by Gasteiger charge is -2.35. The molecule has 3 rings (SSSR count). The third kappa shape index (κ3) is 4.37. The zero-order valence-corrected chi connectivity index (χ0v) is 15.2. The minimum atomic E-state index is -0.443. The molecule has 24 heavy (non-hydrogen) atoms. The fourth-order valence-electron chi connectivity index (χ4n) is 3.70. The lowest BCUT2D eigenvalue weighted by atomic mass is 9.99. The molecule has 1 heterocycles. The van der Waals surface area contributed by atoms with Crippen molar-refractivity contribution in [2.45, 2.75) is 58.1 Å². The summed E-state index contributed by atoms with van der Waals surface area (Å²) in [4.78, 5) is 15.1. The molecule has 1 aromatic rings. The van der Waals surface area contributed by atoms with Crippen LogP contribution in [0.1, 0.15) is 43.9 Å². The van der Waals surface area contributed by atoms with E-state index in [9.17, 15) is 4.79 Å². The maximum Gasteiger partial charge on any atom is 0.324 e. The molecule has 1 aromatic carbocycles. The molecule has 0 saturated carbocycles. The normalized spacial score (nSPS) is 19.8. The highest BCUT2D eigenvalue weighted by Crippen LogP contribution is 2.24. The number of fused-ring (bicyclic) bond motifs is 1. The predicted molar refractivity (Wildman–Crippen MR) is 96.2 cm³/mol. The quantitative estimate of drug-likeness (QED) is 0.861. The van der Waals surface area contributed by atoms with E-state index in [4.69, 9.17) is 4.74 Å². The van der Waals surface area contributed by atoms with Crippen LogP contribution in [-0.2, 0) is 28.8 Å². The number of hydrogen-bond donors (Lipinski definition) is 1. The number of ether oxygens (including phenoxy) is 1. The first-order valence-electron chi connectivity index (χ1n) is 9.21. The Hall–Kier alpha value is -1.39. The molecule has 4 heteroatoms. The maximum atomic E-state index is 12.8. The van der Waals surface area contributed by atoms with Crippen LogP contribution < -0.4 is 5.32 Å². The molecule has 0 unspecified atom stereocenters. The second-order valence-electron chi connectivity index (χ2n) is 8.00. The molecular formula is C20H30N2O2. The van der Waals surface area contributed by atoms with Crippen LogP contribution in [0.2, 0.25) is 0 Å². The van der Waals surface area contributed by atoms with Gasteiger partial charge in [-0.3, -0.25) is 9.69 Å². The SMILES string of the molecule is CC(C)(C)OC(=O)[C@H](Cc1ccc2c(c1)CCC2)N1CCNCC1. The Bertz CT molecular complexity index is 586. The van der Waals surface area contributed by atoms with Crippen molar-refractivity contribution in [3.8, 4) is 0 Å². The average Bonchev–Trinajstić information content (AvgIpc) is 2.99. The molecular weight excluding hydrogens is 300 g/mol. The van der Waals surface area contributed by atoms with Gasteiger partial charge in [0.15, 0.2) is 0 Å². The van der Waals surface area contributed by atoms with Gasteiger partial charge in [0.25, 0.3) is 0 Å². The molecule has 1 N–H and O–H groups in total. The summed E-state index contributed by atoms with van der Waals surface area (Å²) in [7, 11) is 0. The Morgan fingerprint density at radius 3 is 2.62 bits per heavy atom. The summed E-state index contributed by atoms with van der Waals surface area (Å²) in [5.74, 6) is -0.0927. The van der Waals surface area contributed by atoms with Gasteiger partial charge in [-0.2, -0.15) is 0 Å². The Balaban J connectivity index is 1.77. The zero-order chi connectivity index (χ0) is 17.2. The predicted octanol–water partition coefficient (Wildman–Crippen LogP) is 2.33. The summed E-state index contributed by atoms with van der Waals surface area (Å²) in [6, 6.07) is 6.57. The van der Waals surface area contributed by atoms with E-state index in [1.807, 2.05) is 20.8 Å². The highest BCUT2D eigenvalue weighted by molar-refractivity contribution is 5.76. The van der Waals surface area contributed by atoms with Crippen LogP contribution in [0, 0.1) is 0 Å². The molecule has 0 aromatic heterocycles. The van der Waals surface area contributed by atoms with Gasteiger partial charge >= 0.3 is 5.97 Å². The van der Waals surface area contributed by atoms with E-state index in [1.165, 1.54) is 36.0 Å².